The molecule has 1 amide bonds. The molecule has 1 heterocycles. The number of anilines is 1. The molecule has 0 aliphatic carbocycles. The van der Waals surface area contributed by atoms with Gasteiger partial charge in [-0.25, -0.2) is 8.42 Å². The normalized spacial score (nSPS) is 12.8. The van der Waals surface area contributed by atoms with Crippen molar-refractivity contribution in [2.75, 3.05) is 17.9 Å². The highest BCUT2D eigenvalue weighted by Gasteiger charge is 2.20. The number of nitrogens with one attached hydrogen (secondary N) is 2. The first-order chi connectivity index (χ1) is 15.3. The first-order valence-corrected chi connectivity index (χ1v) is 11.7. The standard InChI is InChI=1S/C24H24N2O5S/c1-16-3-8-20(9-4-16)26-32(28,29)23-14-19(7-5-17(23)2)24(27)25-15-18-6-10-21-22(13-18)31-12-11-30-21/h3-10,13-14,26H,11-12,15H2,1-2H3,(H,25,27). The number of ether oxygens (including phenoxy) is 2. The second-order valence-corrected chi connectivity index (χ2v) is 9.26. The number of rotatable bonds is 6. The molecule has 0 saturated carbocycles. The summed E-state index contributed by atoms with van der Waals surface area (Å²) in [6.45, 7) is 4.89. The smallest absolute Gasteiger partial charge is 0.262 e. The Morgan fingerprint density at radius 2 is 1.62 bits per heavy atom. The van der Waals surface area contributed by atoms with Crippen LogP contribution >= 0.6 is 0 Å². The van der Waals surface area contributed by atoms with Gasteiger partial charge >= 0.3 is 0 Å². The zero-order valence-corrected chi connectivity index (χ0v) is 18.7. The Balaban J connectivity index is 1.49. The third-order valence-electron chi connectivity index (χ3n) is 5.10. The fraction of sp³-hybridized carbons (Fsp3) is 0.208. The van der Waals surface area contributed by atoms with Crippen LogP contribution in [0.5, 0.6) is 11.5 Å². The average Bonchev–Trinajstić information content (AvgIpc) is 2.79. The Morgan fingerprint density at radius 3 is 2.38 bits per heavy atom. The highest BCUT2D eigenvalue weighted by molar-refractivity contribution is 7.92. The van der Waals surface area contributed by atoms with E-state index >= 15 is 0 Å². The molecule has 1 aliphatic heterocycles. The Hall–Kier alpha value is -3.52. The molecule has 0 fully saturated rings. The molecule has 2 N–H and O–H groups in total. The van der Waals surface area contributed by atoms with Crippen LogP contribution in [0.25, 0.3) is 0 Å². The zero-order chi connectivity index (χ0) is 22.7. The molecule has 0 saturated heterocycles. The fourth-order valence-electron chi connectivity index (χ4n) is 3.34. The van der Waals surface area contributed by atoms with E-state index in [1.807, 2.05) is 37.3 Å². The van der Waals surface area contributed by atoms with Crippen molar-refractivity contribution in [3.05, 3.63) is 82.9 Å². The molecule has 8 heteroatoms. The molecule has 7 nitrogen and oxygen atoms in total. The van der Waals surface area contributed by atoms with Crippen molar-refractivity contribution in [3.8, 4) is 11.5 Å². The average molecular weight is 453 g/mol. The van der Waals surface area contributed by atoms with E-state index in [4.69, 9.17) is 9.47 Å². The van der Waals surface area contributed by atoms with E-state index in [1.54, 1.807) is 31.2 Å². The van der Waals surface area contributed by atoms with E-state index in [2.05, 4.69) is 10.0 Å². The van der Waals surface area contributed by atoms with Gasteiger partial charge in [0.1, 0.15) is 13.2 Å². The van der Waals surface area contributed by atoms with Crippen LogP contribution in [0.2, 0.25) is 0 Å². The number of benzene rings is 3. The Kier molecular flexibility index (Phi) is 6.05. The number of carbonyl (C=O) groups is 1. The van der Waals surface area contributed by atoms with Gasteiger partial charge in [0.15, 0.2) is 11.5 Å². The second kappa shape index (κ2) is 8.92. The molecule has 0 bridgehead atoms. The van der Waals surface area contributed by atoms with Crippen LogP contribution in [0, 0.1) is 13.8 Å². The minimum absolute atomic E-state index is 0.0602. The minimum atomic E-state index is -3.85. The molecule has 3 aromatic rings. The van der Waals surface area contributed by atoms with Crippen LogP contribution in [0.15, 0.2) is 65.6 Å². The largest absolute Gasteiger partial charge is 0.486 e. The van der Waals surface area contributed by atoms with Crippen molar-refractivity contribution < 1.29 is 22.7 Å². The highest BCUT2D eigenvalue weighted by atomic mass is 32.2. The van der Waals surface area contributed by atoms with Crippen LogP contribution in [0.4, 0.5) is 5.69 Å². The third-order valence-corrected chi connectivity index (χ3v) is 6.63. The van der Waals surface area contributed by atoms with Crippen molar-refractivity contribution in [1.29, 1.82) is 0 Å². The number of amides is 1. The monoisotopic (exact) mass is 452 g/mol. The van der Waals surface area contributed by atoms with Gasteiger partial charge in [0, 0.05) is 17.8 Å². The summed E-state index contributed by atoms with van der Waals surface area (Å²) in [6, 6.07) is 17.2. The number of hydrogen-bond donors (Lipinski definition) is 2. The maximum Gasteiger partial charge on any atom is 0.262 e. The second-order valence-electron chi connectivity index (χ2n) is 7.61. The lowest BCUT2D eigenvalue weighted by atomic mass is 10.1. The van der Waals surface area contributed by atoms with Gasteiger partial charge in [-0.15, -0.1) is 0 Å². The molecule has 0 radical (unpaired) electrons. The summed E-state index contributed by atoms with van der Waals surface area (Å²) in [5.41, 5.74) is 3.15. The number of sulfonamides is 1. The number of aryl methyl sites for hydroxylation is 2. The lowest BCUT2D eigenvalue weighted by Crippen LogP contribution is -2.24. The van der Waals surface area contributed by atoms with Crippen LogP contribution in [-0.4, -0.2) is 27.5 Å². The molecular weight excluding hydrogens is 428 g/mol. The van der Waals surface area contributed by atoms with Crippen LogP contribution in [0.3, 0.4) is 0 Å². The van der Waals surface area contributed by atoms with Crippen molar-refractivity contribution in [2.45, 2.75) is 25.3 Å². The molecule has 166 valence electrons. The minimum Gasteiger partial charge on any atom is -0.486 e. The van der Waals surface area contributed by atoms with E-state index in [9.17, 15) is 13.2 Å². The highest BCUT2D eigenvalue weighted by Crippen LogP contribution is 2.30. The molecule has 3 aromatic carbocycles. The van der Waals surface area contributed by atoms with Crippen molar-refractivity contribution >= 4 is 21.6 Å². The van der Waals surface area contributed by atoms with Crippen LogP contribution < -0.4 is 19.5 Å². The van der Waals surface area contributed by atoms with Gasteiger partial charge in [-0.2, -0.15) is 0 Å². The lowest BCUT2D eigenvalue weighted by molar-refractivity contribution is 0.0950. The summed E-state index contributed by atoms with van der Waals surface area (Å²) in [7, 11) is -3.85. The molecule has 1 aliphatic rings. The van der Waals surface area contributed by atoms with Gasteiger partial charge in [0.25, 0.3) is 15.9 Å². The lowest BCUT2D eigenvalue weighted by Gasteiger charge is -2.19. The fourth-order valence-corrected chi connectivity index (χ4v) is 4.68. The molecule has 0 spiro atoms. The zero-order valence-electron chi connectivity index (χ0n) is 17.8. The number of carbonyl (C=O) groups excluding carboxylic acids is 1. The maximum absolute atomic E-state index is 12.9. The molecule has 32 heavy (non-hydrogen) atoms. The SMILES string of the molecule is Cc1ccc(NS(=O)(=O)c2cc(C(=O)NCc3ccc4c(c3)OCCO4)ccc2C)cc1. The van der Waals surface area contributed by atoms with E-state index in [0.29, 0.717) is 36.0 Å². The van der Waals surface area contributed by atoms with E-state index in [0.717, 1.165) is 11.1 Å². The summed E-state index contributed by atoms with van der Waals surface area (Å²) in [6.07, 6.45) is 0. The number of hydrogen-bond acceptors (Lipinski definition) is 5. The maximum atomic E-state index is 12.9. The first kappa shape index (κ1) is 21.7. The molecular formula is C24H24N2O5S. The van der Waals surface area contributed by atoms with Gasteiger partial charge in [-0.05, 0) is 61.4 Å². The Morgan fingerprint density at radius 1 is 0.906 bits per heavy atom. The third kappa shape index (κ3) is 4.86. The Labute approximate surface area is 187 Å². The van der Waals surface area contributed by atoms with Gasteiger partial charge < -0.3 is 14.8 Å². The topological polar surface area (TPSA) is 93.7 Å². The van der Waals surface area contributed by atoms with E-state index in [1.165, 1.54) is 6.07 Å². The molecule has 0 unspecified atom stereocenters. The molecule has 0 atom stereocenters. The Bertz CT molecular complexity index is 1250. The van der Waals surface area contributed by atoms with E-state index < -0.39 is 10.0 Å². The summed E-state index contributed by atoms with van der Waals surface area (Å²) < 4.78 is 39.5. The van der Waals surface area contributed by atoms with Gasteiger partial charge in [-0.1, -0.05) is 29.8 Å². The van der Waals surface area contributed by atoms with Crippen molar-refractivity contribution in [3.63, 3.8) is 0 Å². The summed E-state index contributed by atoms with van der Waals surface area (Å²) in [5, 5.41) is 2.83. The quantitative estimate of drug-likeness (QED) is 0.593. The predicted octanol–water partition coefficient (Wildman–Crippen LogP) is 3.81. The van der Waals surface area contributed by atoms with Crippen LogP contribution in [-0.2, 0) is 16.6 Å². The van der Waals surface area contributed by atoms with Crippen molar-refractivity contribution in [2.24, 2.45) is 0 Å². The molecule has 0 aromatic heterocycles. The molecule has 4 rings (SSSR count). The number of fused-ring (bicyclic) bond motifs is 1. The van der Waals surface area contributed by atoms with Gasteiger partial charge in [0.05, 0.1) is 4.90 Å². The van der Waals surface area contributed by atoms with Gasteiger partial charge in [-0.3, -0.25) is 9.52 Å². The summed E-state index contributed by atoms with van der Waals surface area (Å²) in [4.78, 5) is 12.8. The van der Waals surface area contributed by atoms with Crippen LogP contribution in [0.1, 0.15) is 27.0 Å². The predicted molar refractivity (Wildman–Crippen MR) is 122 cm³/mol. The van der Waals surface area contributed by atoms with E-state index in [-0.39, 0.29) is 22.9 Å². The first-order valence-electron chi connectivity index (χ1n) is 10.2. The summed E-state index contributed by atoms with van der Waals surface area (Å²) >= 11 is 0. The van der Waals surface area contributed by atoms with Crippen molar-refractivity contribution in [1.82, 2.24) is 5.32 Å². The summed E-state index contributed by atoms with van der Waals surface area (Å²) in [5.74, 6) is 0.960. The van der Waals surface area contributed by atoms with Gasteiger partial charge in [0.2, 0.25) is 0 Å².